The molecule has 1 fully saturated rings. The summed E-state index contributed by atoms with van der Waals surface area (Å²) >= 11 is 0. The Morgan fingerprint density at radius 2 is 1.80 bits per heavy atom. The maximum atomic E-state index is 13.5. The van der Waals surface area contributed by atoms with Gasteiger partial charge in [0.05, 0.1) is 11.6 Å². The van der Waals surface area contributed by atoms with Crippen LogP contribution in [0.15, 0.2) is 78.4 Å². The number of ketones is 1. The van der Waals surface area contributed by atoms with Crippen LogP contribution in [0, 0.1) is 0 Å². The van der Waals surface area contributed by atoms with Crippen molar-refractivity contribution >= 4 is 17.4 Å². The molecule has 0 unspecified atom stereocenters. The first kappa shape index (κ1) is 28.4. The van der Waals surface area contributed by atoms with Crippen molar-refractivity contribution in [2.75, 3.05) is 26.2 Å². The first-order valence-corrected chi connectivity index (χ1v) is 14.5. The molecule has 2 aliphatic heterocycles. The number of benzene rings is 3. The highest BCUT2D eigenvalue weighted by atomic mass is 16.5. The van der Waals surface area contributed by atoms with Gasteiger partial charge in [-0.15, -0.1) is 0 Å². The summed E-state index contributed by atoms with van der Waals surface area (Å²) < 4.78 is 11.9. The summed E-state index contributed by atoms with van der Waals surface area (Å²) in [4.78, 5) is 30.9. The van der Waals surface area contributed by atoms with Crippen LogP contribution in [0.5, 0.6) is 11.5 Å². The summed E-state index contributed by atoms with van der Waals surface area (Å²) in [5.41, 5.74) is 3.34. The summed E-state index contributed by atoms with van der Waals surface area (Å²) in [6.07, 6.45) is 1.49. The fourth-order valence-electron chi connectivity index (χ4n) is 5.70. The Kier molecular flexibility index (Phi) is 8.74. The van der Waals surface area contributed by atoms with E-state index in [4.69, 9.17) is 9.47 Å². The SMILES string of the molecule is CCN(CC)CCCN1C(=O)C(=O)/C(=C(/O)c2ccc3c(c2)C[C@H](C)O3)[C@H]1c1cccc(OCc2ccccc2)c1. The zero-order valence-electron chi connectivity index (χ0n) is 24.0. The Morgan fingerprint density at radius 3 is 2.56 bits per heavy atom. The Balaban J connectivity index is 1.50. The number of carbonyl (C=O) groups is 2. The lowest BCUT2D eigenvalue weighted by Gasteiger charge is -2.27. The fraction of sp³-hybridized carbons (Fsp3) is 0.353. The quantitative estimate of drug-likeness (QED) is 0.185. The van der Waals surface area contributed by atoms with Crippen LogP contribution in [-0.4, -0.2) is 58.9 Å². The maximum absolute atomic E-state index is 13.5. The van der Waals surface area contributed by atoms with Gasteiger partial charge in [0.25, 0.3) is 11.7 Å². The van der Waals surface area contributed by atoms with E-state index < -0.39 is 17.7 Å². The topological polar surface area (TPSA) is 79.3 Å². The molecule has 1 saturated heterocycles. The van der Waals surface area contributed by atoms with Crippen molar-refractivity contribution in [3.05, 3.63) is 101 Å². The summed E-state index contributed by atoms with van der Waals surface area (Å²) in [6.45, 7) is 9.65. The lowest BCUT2D eigenvalue weighted by atomic mass is 9.94. The standard InChI is InChI=1S/C34H38N2O5/c1-4-35(5-2)17-10-18-36-31(25-13-9-14-28(21-25)40-22-24-11-7-6-8-12-24)30(33(38)34(36)39)32(37)26-15-16-29-27(20-26)19-23(3)41-29/h6-9,11-16,20-21,23,31,37H,4-5,10,17-19,22H2,1-3H3/b32-30+/t23-,31+/m0/s1. The molecular formula is C34H38N2O5. The summed E-state index contributed by atoms with van der Waals surface area (Å²) in [5.74, 6) is -0.0205. The molecule has 41 heavy (non-hydrogen) atoms. The molecule has 1 N–H and O–H groups in total. The number of carbonyl (C=O) groups excluding carboxylic acids is 2. The molecule has 2 aliphatic rings. The summed E-state index contributed by atoms with van der Waals surface area (Å²) in [7, 11) is 0. The molecule has 2 atom stereocenters. The number of aliphatic hydroxyl groups is 1. The Hall–Kier alpha value is -4.10. The van der Waals surface area contributed by atoms with Crippen molar-refractivity contribution in [1.29, 1.82) is 0 Å². The predicted molar refractivity (Wildman–Crippen MR) is 159 cm³/mol. The average Bonchev–Trinajstić information content (AvgIpc) is 3.49. The number of aliphatic hydroxyl groups excluding tert-OH is 1. The summed E-state index contributed by atoms with van der Waals surface area (Å²) in [5, 5.41) is 11.6. The molecule has 0 radical (unpaired) electrons. The molecule has 214 valence electrons. The molecule has 3 aromatic carbocycles. The molecule has 5 rings (SSSR count). The number of Topliss-reactive ketones (excluding diaryl/α,β-unsaturated/α-hetero) is 1. The zero-order valence-corrected chi connectivity index (χ0v) is 24.0. The van der Waals surface area contributed by atoms with Gasteiger partial charge in [-0.3, -0.25) is 9.59 Å². The Morgan fingerprint density at radius 1 is 1.02 bits per heavy atom. The number of amides is 1. The third kappa shape index (κ3) is 6.15. The highest BCUT2D eigenvalue weighted by Gasteiger charge is 2.46. The maximum Gasteiger partial charge on any atom is 0.295 e. The molecule has 0 spiro atoms. The monoisotopic (exact) mass is 554 g/mol. The van der Waals surface area contributed by atoms with Gasteiger partial charge < -0.3 is 24.4 Å². The summed E-state index contributed by atoms with van der Waals surface area (Å²) in [6, 6.07) is 22.1. The van der Waals surface area contributed by atoms with Gasteiger partial charge in [0.1, 0.15) is 30.0 Å². The van der Waals surface area contributed by atoms with E-state index in [1.54, 1.807) is 11.0 Å². The van der Waals surface area contributed by atoms with Crippen molar-refractivity contribution in [1.82, 2.24) is 9.80 Å². The van der Waals surface area contributed by atoms with Gasteiger partial charge in [0.15, 0.2) is 0 Å². The first-order valence-electron chi connectivity index (χ1n) is 14.5. The van der Waals surface area contributed by atoms with E-state index >= 15 is 0 Å². The molecule has 0 saturated carbocycles. The van der Waals surface area contributed by atoms with Crippen LogP contribution in [0.4, 0.5) is 0 Å². The van der Waals surface area contributed by atoms with E-state index in [9.17, 15) is 14.7 Å². The average molecular weight is 555 g/mol. The second-order valence-electron chi connectivity index (χ2n) is 10.7. The van der Waals surface area contributed by atoms with Gasteiger partial charge in [-0.05, 0) is 80.0 Å². The van der Waals surface area contributed by atoms with Crippen molar-refractivity contribution < 1.29 is 24.2 Å². The van der Waals surface area contributed by atoms with Gasteiger partial charge in [-0.25, -0.2) is 0 Å². The van der Waals surface area contributed by atoms with Crippen LogP contribution < -0.4 is 9.47 Å². The Bertz CT molecular complexity index is 1430. The smallest absolute Gasteiger partial charge is 0.295 e. The van der Waals surface area contributed by atoms with Crippen molar-refractivity contribution in [2.24, 2.45) is 0 Å². The molecule has 3 aromatic rings. The molecule has 0 bridgehead atoms. The largest absolute Gasteiger partial charge is 0.507 e. The second kappa shape index (κ2) is 12.6. The highest BCUT2D eigenvalue weighted by Crippen LogP contribution is 2.41. The molecule has 1 amide bonds. The molecule has 7 nitrogen and oxygen atoms in total. The number of ether oxygens (including phenoxy) is 2. The lowest BCUT2D eigenvalue weighted by Crippen LogP contribution is -2.33. The van der Waals surface area contributed by atoms with Crippen LogP contribution >= 0.6 is 0 Å². The fourth-order valence-corrected chi connectivity index (χ4v) is 5.70. The van der Waals surface area contributed by atoms with Crippen LogP contribution in [0.3, 0.4) is 0 Å². The van der Waals surface area contributed by atoms with Crippen molar-refractivity contribution in [2.45, 2.75) is 52.4 Å². The normalized spacial score (nSPS) is 19.5. The minimum atomic E-state index is -0.726. The van der Waals surface area contributed by atoms with Gasteiger partial charge in [0.2, 0.25) is 0 Å². The van der Waals surface area contributed by atoms with E-state index in [0.29, 0.717) is 30.9 Å². The number of rotatable bonds is 11. The van der Waals surface area contributed by atoms with Gasteiger partial charge >= 0.3 is 0 Å². The van der Waals surface area contributed by atoms with Gasteiger partial charge in [0, 0.05) is 18.5 Å². The van der Waals surface area contributed by atoms with Crippen LogP contribution in [0.1, 0.15) is 55.5 Å². The van der Waals surface area contributed by atoms with Crippen LogP contribution in [0.25, 0.3) is 5.76 Å². The van der Waals surface area contributed by atoms with Gasteiger partial charge in [-0.1, -0.05) is 56.3 Å². The van der Waals surface area contributed by atoms with E-state index in [1.165, 1.54) is 0 Å². The third-order valence-corrected chi connectivity index (χ3v) is 7.90. The first-order chi connectivity index (χ1) is 19.9. The van der Waals surface area contributed by atoms with E-state index in [-0.39, 0.29) is 17.4 Å². The molecule has 0 aromatic heterocycles. The number of likely N-dealkylation sites (tertiary alicyclic amines) is 1. The van der Waals surface area contributed by atoms with E-state index in [0.717, 1.165) is 48.5 Å². The second-order valence-corrected chi connectivity index (χ2v) is 10.7. The minimum absolute atomic E-state index is 0.0532. The van der Waals surface area contributed by atoms with E-state index in [1.807, 2.05) is 73.7 Å². The van der Waals surface area contributed by atoms with Gasteiger partial charge in [-0.2, -0.15) is 0 Å². The highest BCUT2D eigenvalue weighted by molar-refractivity contribution is 6.46. The Labute approximate surface area is 242 Å². The van der Waals surface area contributed by atoms with Crippen LogP contribution in [0.2, 0.25) is 0 Å². The lowest BCUT2D eigenvalue weighted by molar-refractivity contribution is -0.140. The number of fused-ring (bicyclic) bond motifs is 1. The third-order valence-electron chi connectivity index (χ3n) is 7.90. The zero-order chi connectivity index (χ0) is 28.9. The number of hydrogen-bond donors (Lipinski definition) is 1. The number of nitrogens with zero attached hydrogens (tertiary/aromatic N) is 2. The predicted octanol–water partition coefficient (Wildman–Crippen LogP) is 5.74. The number of hydrogen-bond acceptors (Lipinski definition) is 6. The molecule has 2 heterocycles. The van der Waals surface area contributed by atoms with E-state index in [2.05, 4.69) is 18.7 Å². The minimum Gasteiger partial charge on any atom is -0.507 e. The molecule has 7 heteroatoms. The van der Waals surface area contributed by atoms with Crippen molar-refractivity contribution in [3.8, 4) is 11.5 Å². The van der Waals surface area contributed by atoms with Crippen molar-refractivity contribution in [3.63, 3.8) is 0 Å². The van der Waals surface area contributed by atoms with Crippen LogP contribution in [-0.2, 0) is 22.6 Å². The molecule has 0 aliphatic carbocycles. The molecular weight excluding hydrogens is 516 g/mol.